The summed E-state index contributed by atoms with van der Waals surface area (Å²) in [5.41, 5.74) is 0.308. The minimum atomic E-state index is 0.308. The molecule has 0 radical (unpaired) electrons. The molecule has 0 spiro atoms. The predicted octanol–water partition coefficient (Wildman–Crippen LogP) is 2.96. The van der Waals surface area contributed by atoms with Crippen LogP contribution in [-0.2, 0) is 4.74 Å². The van der Waals surface area contributed by atoms with Crippen LogP contribution in [0.5, 0.6) is 0 Å². The van der Waals surface area contributed by atoms with Crippen molar-refractivity contribution < 1.29 is 4.74 Å². The molecule has 0 saturated carbocycles. The molecule has 88 valence electrons. The summed E-state index contributed by atoms with van der Waals surface area (Å²) in [5.74, 6) is 0.847. The molecule has 0 atom stereocenters. The van der Waals surface area contributed by atoms with Crippen molar-refractivity contribution in [2.45, 2.75) is 19.8 Å². The Morgan fingerprint density at radius 2 is 2.19 bits per heavy atom. The summed E-state index contributed by atoms with van der Waals surface area (Å²) in [7, 11) is 0. The van der Waals surface area contributed by atoms with Crippen LogP contribution in [0.15, 0.2) is 18.2 Å². The Morgan fingerprint density at radius 3 is 2.88 bits per heavy atom. The zero-order valence-corrected chi connectivity index (χ0v) is 10.3. The predicted molar refractivity (Wildman–Crippen MR) is 65.9 cm³/mol. The Bertz CT molecular complexity index is 351. The molecule has 2 heterocycles. The lowest BCUT2D eigenvalue weighted by Crippen LogP contribution is -2.33. The van der Waals surface area contributed by atoms with E-state index in [2.05, 4.69) is 17.2 Å². The molecule has 4 heteroatoms. The standard InChI is InChI=1S/C12H17ClN2O/c1-12(5-7-16-8-6-12)9-14-11-4-2-3-10(13)15-11/h2-4H,5-9H2,1H3,(H,14,15). The molecule has 1 aromatic rings. The van der Waals surface area contributed by atoms with Crippen LogP contribution in [0, 0.1) is 5.41 Å². The van der Waals surface area contributed by atoms with Gasteiger partial charge in [0, 0.05) is 19.8 Å². The van der Waals surface area contributed by atoms with Crippen molar-refractivity contribution in [1.29, 1.82) is 0 Å². The lowest BCUT2D eigenvalue weighted by atomic mass is 9.82. The van der Waals surface area contributed by atoms with E-state index in [1.165, 1.54) is 0 Å². The number of pyridine rings is 1. The van der Waals surface area contributed by atoms with Crippen molar-refractivity contribution in [3.63, 3.8) is 0 Å². The van der Waals surface area contributed by atoms with Gasteiger partial charge in [-0.25, -0.2) is 4.98 Å². The number of hydrogen-bond acceptors (Lipinski definition) is 3. The summed E-state index contributed by atoms with van der Waals surface area (Å²) >= 11 is 5.83. The summed E-state index contributed by atoms with van der Waals surface area (Å²) in [6.07, 6.45) is 2.20. The normalized spacial score (nSPS) is 19.4. The van der Waals surface area contributed by atoms with Crippen molar-refractivity contribution in [2.24, 2.45) is 5.41 Å². The first-order valence-corrected chi connectivity index (χ1v) is 6.00. The molecule has 0 bridgehead atoms. The van der Waals surface area contributed by atoms with Gasteiger partial charge in [-0.1, -0.05) is 24.6 Å². The maximum absolute atomic E-state index is 5.83. The molecule has 1 aromatic heterocycles. The summed E-state index contributed by atoms with van der Waals surface area (Å²) < 4.78 is 5.37. The third-order valence-corrected chi connectivity index (χ3v) is 3.32. The highest BCUT2D eigenvalue weighted by molar-refractivity contribution is 6.29. The molecular weight excluding hydrogens is 224 g/mol. The number of halogens is 1. The molecule has 1 N–H and O–H groups in total. The third-order valence-electron chi connectivity index (χ3n) is 3.11. The second-order valence-electron chi connectivity index (χ2n) is 4.62. The zero-order chi connectivity index (χ0) is 11.4. The molecule has 1 aliphatic rings. The van der Waals surface area contributed by atoms with Gasteiger partial charge in [-0.3, -0.25) is 0 Å². The van der Waals surface area contributed by atoms with Crippen LogP contribution in [0.25, 0.3) is 0 Å². The molecule has 16 heavy (non-hydrogen) atoms. The smallest absolute Gasteiger partial charge is 0.131 e. The number of nitrogens with one attached hydrogen (secondary N) is 1. The van der Waals surface area contributed by atoms with Crippen LogP contribution in [0.3, 0.4) is 0 Å². The molecule has 0 unspecified atom stereocenters. The van der Waals surface area contributed by atoms with Gasteiger partial charge in [-0.05, 0) is 30.4 Å². The monoisotopic (exact) mass is 240 g/mol. The van der Waals surface area contributed by atoms with E-state index < -0.39 is 0 Å². The maximum Gasteiger partial charge on any atom is 0.131 e. The molecule has 1 aliphatic heterocycles. The largest absolute Gasteiger partial charge is 0.381 e. The van der Waals surface area contributed by atoms with E-state index in [4.69, 9.17) is 16.3 Å². The number of anilines is 1. The first-order valence-electron chi connectivity index (χ1n) is 5.62. The Hall–Kier alpha value is -0.800. The Balaban J connectivity index is 1.91. The van der Waals surface area contributed by atoms with Gasteiger partial charge in [0.2, 0.25) is 0 Å². The number of ether oxygens (including phenoxy) is 1. The highest BCUT2D eigenvalue weighted by Crippen LogP contribution is 2.29. The molecular formula is C12H17ClN2O. The average molecular weight is 241 g/mol. The number of nitrogens with zero attached hydrogens (tertiary/aromatic N) is 1. The fraction of sp³-hybridized carbons (Fsp3) is 0.583. The minimum absolute atomic E-state index is 0.308. The van der Waals surface area contributed by atoms with Gasteiger partial charge in [-0.15, -0.1) is 0 Å². The lowest BCUT2D eigenvalue weighted by Gasteiger charge is -2.33. The Kier molecular flexibility index (Phi) is 3.66. The van der Waals surface area contributed by atoms with Crippen LogP contribution in [0.1, 0.15) is 19.8 Å². The molecule has 2 rings (SSSR count). The van der Waals surface area contributed by atoms with Crippen LogP contribution in [0.4, 0.5) is 5.82 Å². The summed E-state index contributed by atoms with van der Waals surface area (Å²) in [4.78, 5) is 4.21. The van der Waals surface area contributed by atoms with E-state index in [9.17, 15) is 0 Å². The van der Waals surface area contributed by atoms with Gasteiger partial charge in [-0.2, -0.15) is 0 Å². The molecule has 0 aromatic carbocycles. The Labute approximate surface area is 101 Å². The van der Waals surface area contributed by atoms with Crippen LogP contribution < -0.4 is 5.32 Å². The first kappa shape index (κ1) is 11.7. The molecule has 1 saturated heterocycles. The molecule has 3 nitrogen and oxygen atoms in total. The highest BCUT2D eigenvalue weighted by Gasteiger charge is 2.26. The quantitative estimate of drug-likeness (QED) is 0.825. The Morgan fingerprint density at radius 1 is 1.44 bits per heavy atom. The molecule has 0 amide bonds. The van der Waals surface area contributed by atoms with Crippen molar-refractivity contribution in [1.82, 2.24) is 4.98 Å². The van der Waals surface area contributed by atoms with E-state index in [0.717, 1.165) is 38.4 Å². The van der Waals surface area contributed by atoms with E-state index in [0.29, 0.717) is 10.6 Å². The molecule has 1 fully saturated rings. The highest BCUT2D eigenvalue weighted by atomic mass is 35.5. The lowest BCUT2D eigenvalue weighted by molar-refractivity contribution is 0.0300. The van der Waals surface area contributed by atoms with Gasteiger partial charge in [0.15, 0.2) is 0 Å². The fourth-order valence-electron chi connectivity index (χ4n) is 1.85. The second kappa shape index (κ2) is 5.02. The summed E-state index contributed by atoms with van der Waals surface area (Å²) in [6, 6.07) is 5.63. The minimum Gasteiger partial charge on any atom is -0.381 e. The summed E-state index contributed by atoms with van der Waals surface area (Å²) in [5, 5.41) is 3.87. The number of aromatic nitrogens is 1. The topological polar surface area (TPSA) is 34.2 Å². The van der Waals surface area contributed by atoms with Gasteiger partial charge in [0.25, 0.3) is 0 Å². The van der Waals surface area contributed by atoms with E-state index in [-0.39, 0.29) is 0 Å². The van der Waals surface area contributed by atoms with Crippen molar-refractivity contribution >= 4 is 17.4 Å². The van der Waals surface area contributed by atoms with E-state index in [1.807, 2.05) is 12.1 Å². The molecule has 0 aliphatic carbocycles. The SMILES string of the molecule is CC1(CNc2cccc(Cl)n2)CCOCC1. The van der Waals surface area contributed by atoms with Gasteiger partial charge in [0.05, 0.1) is 0 Å². The van der Waals surface area contributed by atoms with Gasteiger partial charge >= 0.3 is 0 Å². The van der Waals surface area contributed by atoms with Gasteiger partial charge in [0.1, 0.15) is 11.0 Å². The number of rotatable bonds is 3. The average Bonchev–Trinajstić information content (AvgIpc) is 2.28. The van der Waals surface area contributed by atoms with Crippen molar-refractivity contribution in [3.05, 3.63) is 23.4 Å². The van der Waals surface area contributed by atoms with E-state index in [1.54, 1.807) is 6.07 Å². The fourth-order valence-corrected chi connectivity index (χ4v) is 2.02. The van der Waals surface area contributed by atoms with Crippen LogP contribution >= 0.6 is 11.6 Å². The maximum atomic E-state index is 5.83. The van der Waals surface area contributed by atoms with Crippen molar-refractivity contribution in [2.75, 3.05) is 25.1 Å². The zero-order valence-electron chi connectivity index (χ0n) is 9.50. The van der Waals surface area contributed by atoms with Crippen LogP contribution in [0.2, 0.25) is 5.15 Å². The second-order valence-corrected chi connectivity index (χ2v) is 5.01. The number of hydrogen-bond donors (Lipinski definition) is 1. The first-order chi connectivity index (χ1) is 7.68. The third kappa shape index (κ3) is 3.09. The summed E-state index contributed by atoms with van der Waals surface area (Å²) in [6.45, 7) is 4.93. The van der Waals surface area contributed by atoms with Crippen LogP contribution in [-0.4, -0.2) is 24.7 Å². The van der Waals surface area contributed by atoms with Gasteiger partial charge < -0.3 is 10.1 Å². The van der Waals surface area contributed by atoms with E-state index >= 15 is 0 Å². The van der Waals surface area contributed by atoms with Crippen molar-refractivity contribution in [3.8, 4) is 0 Å².